The molecule has 2 aromatic rings. The standard InChI is InChI=1S/C24H25ClN2O6S/c1-24(2)19(23(31)33-13-32-22(30)15-8-10-16(25)11-9-15)27-20(29)18(21(27)34-24)26-17(28)12-14-6-4-3-5-7-14/h3-11,17-19,21,26,28H,12-13H2,1-2H3/t17?,18-,19+,21-/m1/s1. The summed E-state index contributed by atoms with van der Waals surface area (Å²) in [5, 5.41) is 13.6. The van der Waals surface area contributed by atoms with Crippen LogP contribution in [-0.4, -0.2) is 63.1 Å². The highest BCUT2D eigenvalue weighted by molar-refractivity contribution is 8.01. The van der Waals surface area contributed by atoms with Crippen molar-refractivity contribution in [3.63, 3.8) is 0 Å². The van der Waals surface area contributed by atoms with E-state index in [1.807, 2.05) is 44.2 Å². The maximum atomic E-state index is 12.9. The second-order valence-electron chi connectivity index (χ2n) is 8.63. The molecule has 4 atom stereocenters. The van der Waals surface area contributed by atoms with Crippen molar-refractivity contribution in [3.8, 4) is 0 Å². The monoisotopic (exact) mass is 504 g/mol. The molecule has 2 aliphatic heterocycles. The number of esters is 2. The summed E-state index contributed by atoms with van der Waals surface area (Å²) >= 11 is 7.27. The molecular weight excluding hydrogens is 480 g/mol. The first kappa shape index (κ1) is 24.5. The Balaban J connectivity index is 1.31. The summed E-state index contributed by atoms with van der Waals surface area (Å²) in [5.74, 6) is -1.59. The van der Waals surface area contributed by atoms with Crippen molar-refractivity contribution in [2.24, 2.45) is 0 Å². The Bertz CT molecular complexity index is 1060. The van der Waals surface area contributed by atoms with Crippen molar-refractivity contribution in [2.45, 2.75) is 48.7 Å². The molecule has 2 N–H and O–H groups in total. The van der Waals surface area contributed by atoms with Gasteiger partial charge < -0.3 is 19.5 Å². The molecule has 0 bridgehead atoms. The maximum absolute atomic E-state index is 12.9. The lowest BCUT2D eigenvalue weighted by molar-refractivity contribution is -0.170. The van der Waals surface area contributed by atoms with Gasteiger partial charge in [0.15, 0.2) is 0 Å². The van der Waals surface area contributed by atoms with Gasteiger partial charge in [-0.05, 0) is 43.7 Å². The number of nitrogens with zero attached hydrogens (tertiary/aromatic N) is 1. The molecule has 0 saturated carbocycles. The van der Waals surface area contributed by atoms with Crippen LogP contribution in [0.25, 0.3) is 0 Å². The van der Waals surface area contributed by atoms with Gasteiger partial charge in [0, 0.05) is 16.2 Å². The number of benzene rings is 2. The number of halogens is 1. The number of amides is 1. The topological polar surface area (TPSA) is 105 Å². The number of rotatable bonds is 8. The van der Waals surface area contributed by atoms with E-state index in [1.165, 1.54) is 28.8 Å². The van der Waals surface area contributed by atoms with E-state index in [0.717, 1.165) is 5.56 Å². The van der Waals surface area contributed by atoms with Crippen molar-refractivity contribution in [2.75, 3.05) is 6.79 Å². The number of aliphatic hydroxyl groups is 1. The number of hydrogen-bond donors (Lipinski definition) is 2. The molecule has 1 unspecified atom stereocenters. The predicted octanol–water partition coefficient (Wildman–Crippen LogP) is 2.58. The number of fused-ring (bicyclic) bond motifs is 1. The Hall–Kier alpha value is -2.59. The van der Waals surface area contributed by atoms with Crippen LogP contribution in [0.1, 0.15) is 29.8 Å². The molecule has 2 aliphatic rings. The quantitative estimate of drug-likeness (QED) is 0.321. The lowest BCUT2D eigenvalue weighted by Gasteiger charge is -2.44. The smallest absolute Gasteiger partial charge is 0.341 e. The van der Waals surface area contributed by atoms with Gasteiger partial charge in [0.05, 0.1) is 5.56 Å². The third-order valence-electron chi connectivity index (χ3n) is 5.78. The average Bonchev–Trinajstić information content (AvgIpc) is 3.06. The molecule has 2 saturated heterocycles. The molecule has 34 heavy (non-hydrogen) atoms. The van der Waals surface area contributed by atoms with E-state index in [4.69, 9.17) is 21.1 Å². The fourth-order valence-corrected chi connectivity index (χ4v) is 5.90. The molecular formula is C24H25ClN2O6S. The zero-order valence-electron chi connectivity index (χ0n) is 18.6. The molecule has 8 nitrogen and oxygen atoms in total. The van der Waals surface area contributed by atoms with Gasteiger partial charge in [-0.1, -0.05) is 41.9 Å². The number of nitrogens with one attached hydrogen (secondary N) is 1. The maximum Gasteiger partial charge on any atom is 0.341 e. The largest absolute Gasteiger partial charge is 0.426 e. The second-order valence-corrected chi connectivity index (χ2v) is 10.8. The van der Waals surface area contributed by atoms with E-state index in [2.05, 4.69) is 5.32 Å². The van der Waals surface area contributed by atoms with Crippen molar-refractivity contribution in [1.29, 1.82) is 0 Å². The van der Waals surface area contributed by atoms with Crippen LogP contribution in [0.4, 0.5) is 0 Å². The number of thioether (sulfide) groups is 1. The summed E-state index contributed by atoms with van der Waals surface area (Å²) in [5.41, 5.74) is 1.22. The first-order valence-electron chi connectivity index (χ1n) is 10.7. The minimum absolute atomic E-state index is 0.276. The molecule has 2 heterocycles. The van der Waals surface area contributed by atoms with E-state index in [-0.39, 0.29) is 16.8 Å². The first-order chi connectivity index (χ1) is 16.2. The molecule has 1 amide bonds. The minimum atomic E-state index is -0.902. The first-order valence-corrected chi connectivity index (χ1v) is 12.0. The molecule has 0 spiro atoms. The molecule has 2 aromatic carbocycles. The summed E-state index contributed by atoms with van der Waals surface area (Å²) in [6.07, 6.45) is -0.545. The average molecular weight is 505 g/mol. The Labute approximate surface area is 206 Å². The van der Waals surface area contributed by atoms with Gasteiger partial charge in [-0.25, -0.2) is 9.59 Å². The summed E-state index contributed by atoms with van der Waals surface area (Å²) in [7, 11) is 0. The normalized spacial score (nSPS) is 23.6. The van der Waals surface area contributed by atoms with Crippen LogP contribution in [0, 0.1) is 0 Å². The Morgan fingerprint density at radius 1 is 1.15 bits per heavy atom. The van der Waals surface area contributed by atoms with Gasteiger partial charge >= 0.3 is 11.9 Å². The summed E-state index contributed by atoms with van der Waals surface area (Å²) in [4.78, 5) is 39.2. The molecule has 4 rings (SSSR count). The summed E-state index contributed by atoms with van der Waals surface area (Å²) in [6, 6.07) is 14.1. The summed E-state index contributed by atoms with van der Waals surface area (Å²) < 4.78 is 9.59. The van der Waals surface area contributed by atoms with Crippen LogP contribution in [-0.2, 0) is 25.5 Å². The number of β-lactam (4-membered cyclic amide) rings is 1. The Morgan fingerprint density at radius 2 is 1.82 bits per heavy atom. The fourth-order valence-electron chi connectivity index (χ4n) is 4.14. The highest BCUT2D eigenvalue weighted by Gasteiger charge is 2.64. The van der Waals surface area contributed by atoms with Gasteiger partial charge in [0.2, 0.25) is 12.7 Å². The SMILES string of the molecule is CC1(C)S[C@@H]2[C@H](NC(O)Cc3ccccc3)C(=O)N2[C@H]1C(=O)OCOC(=O)c1ccc(Cl)cc1. The van der Waals surface area contributed by atoms with Crippen molar-refractivity contribution in [1.82, 2.24) is 10.2 Å². The number of carbonyl (C=O) groups is 3. The number of hydrogen-bond acceptors (Lipinski definition) is 8. The van der Waals surface area contributed by atoms with E-state index in [1.54, 1.807) is 12.1 Å². The van der Waals surface area contributed by atoms with Crippen LogP contribution < -0.4 is 5.32 Å². The zero-order chi connectivity index (χ0) is 24.5. The molecule has 0 radical (unpaired) electrons. The van der Waals surface area contributed by atoms with Crippen LogP contribution in [0.3, 0.4) is 0 Å². The molecule has 0 aromatic heterocycles. The molecule has 2 fully saturated rings. The number of aliphatic hydroxyl groups excluding tert-OH is 1. The van der Waals surface area contributed by atoms with Crippen LogP contribution in [0.15, 0.2) is 54.6 Å². The third kappa shape index (κ3) is 5.07. The van der Waals surface area contributed by atoms with Gasteiger partial charge in [0.25, 0.3) is 0 Å². The molecule has 10 heteroatoms. The zero-order valence-corrected chi connectivity index (χ0v) is 20.2. The molecule has 0 aliphatic carbocycles. The van der Waals surface area contributed by atoms with Crippen LogP contribution in [0.2, 0.25) is 5.02 Å². The third-order valence-corrected chi connectivity index (χ3v) is 7.60. The van der Waals surface area contributed by atoms with Gasteiger partial charge in [-0.15, -0.1) is 11.8 Å². The lowest BCUT2D eigenvalue weighted by Crippen LogP contribution is -2.71. The predicted molar refractivity (Wildman–Crippen MR) is 127 cm³/mol. The van der Waals surface area contributed by atoms with Crippen molar-refractivity contribution in [3.05, 3.63) is 70.7 Å². The number of carbonyl (C=O) groups excluding carboxylic acids is 3. The van der Waals surface area contributed by atoms with Gasteiger partial charge in [0.1, 0.15) is 23.7 Å². The fraction of sp³-hybridized carbons (Fsp3) is 0.375. The van der Waals surface area contributed by atoms with E-state index < -0.39 is 41.8 Å². The van der Waals surface area contributed by atoms with Gasteiger partial charge in [-0.3, -0.25) is 10.1 Å². The van der Waals surface area contributed by atoms with E-state index in [0.29, 0.717) is 11.4 Å². The van der Waals surface area contributed by atoms with E-state index >= 15 is 0 Å². The molecule has 180 valence electrons. The number of ether oxygens (including phenoxy) is 2. The summed E-state index contributed by atoms with van der Waals surface area (Å²) in [6.45, 7) is 3.14. The van der Waals surface area contributed by atoms with Crippen molar-refractivity contribution >= 4 is 41.2 Å². The van der Waals surface area contributed by atoms with Gasteiger partial charge in [-0.2, -0.15) is 0 Å². The highest BCUT2D eigenvalue weighted by Crippen LogP contribution is 2.51. The lowest BCUT2D eigenvalue weighted by atomic mass is 9.95. The van der Waals surface area contributed by atoms with Crippen molar-refractivity contribution < 1.29 is 29.0 Å². The van der Waals surface area contributed by atoms with E-state index in [9.17, 15) is 19.5 Å². The van der Waals surface area contributed by atoms with Crippen LogP contribution in [0.5, 0.6) is 0 Å². The Kier molecular flexibility index (Phi) is 7.18. The Morgan fingerprint density at radius 3 is 2.50 bits per heavy atom. The second kappa shape index (κ2) is 9.95. The highest BCUT2D eigenvalue weighted by atomic mass is 35.5. The van der Waals surface area contributed by atoms with Crippen LogP contribution >= 0.6 is 23.4 Å². The minimum Gasteiger partial charge on any atom is -0.426 e.